The van der Waals surface area contributed by atoms with Gasteiger partial charge in [0.05, 0.1) is 6.61 Å². The van der Waals surface area contributed by atoms with Crippen LogP contribution in [0.4, 0.5) is 0 Å². The van der Waals surface area contributed by atoms with Gasteiger partial charge in [0.1, 0.15) is 18.1 Å². The first-order valence-electron chi connectivity index (χ1n) is 11.1. The topological polar surface area (TPSA) is 60.4 Å². The number of piperidine rings is 1. The minimum absolute atomic E-state index is 0.155. The summed E-state index contributed by atoms with van der Waals surface area (Å²) < 4.78 is 22.6. The molecule has 2 aliphatic heterocycles. The molecule has 31 heavy (non-hydrogen) atoms. The molecule has 168 valence electrons. The zero-order chi connectivity index (χ0) is 21.7. The first-order valence-corrected chi connectivity index (χ1v) is 11.1. The molecule has 1 atom stereocenters. The molecule has 6 heteroatoms. The lowest BCUT2D eigenvalue weighted by atomic mass is 9.88. The Morgan fingerprint density at radius 1 is 1.10 bits per heavy atom. The van der Waals surface area contributed by atoms with Crippen molar-refractivity contribution in [2.75, 3.05) is 33.9 Å². The van der Waals surface area contributed by atoms with Crippen molar-refractivity contribution in [3.05, 3.63) is 59.7 Å². The fraction of sp³-hybridized carbons (Fsp3) is 0.520. The number of nitrogens with zero attached hydrogens (tertiary/aromatic N) is 1. The Labute approximate surface area is 184 Å². The zero-order valence-corrected chi connectivity index (χ0v) is 18.5. The van der Waals surface area contributed by atoms with Gasteiger partial charge < -0.3 is 24.1 Å². The van der Waals surface area contributed by atoms with Crippen LogP contribution in [0.1, 0.15) is 36.8 Å². The highest BCUT2D eigenvalue weighted by atomic mass is 16.7. The van der Waals surface area contributed by atoms with E-state index < -0.39 is 5.72 Å². The lowest BCUT2D eigenvalue weighted by Gasteiger charge is -2.46. The van der Waals surface area contributed by atoms with Crippen LogP contribution in [0.25, 0.3) is 0 Å². The van der Waals surface area contributed by atoms with E-state index in [0.29, 0.717) is 31.3 Å². The lowest BCUT2D eigenvalue weighted by molar-refractivity contribution is -0.155. The second kappa shape index (κ2) is 10.0. The molecule has 2 aromatic carbocycles. The van der Waals surface area contributed by atoms with E-state index in [1.54, 1.807) is 14.2 Å². The molecular formula is C25H33NO5. The van der Waals surface area contributed by atoms with E-state index >= 15 is 0 Å². The van der Waals surface area contributed by atoms with Crippen LogP contribution < -0.4 is 9.47 Å². The van der Waals surface area contributed by atoms with Gasteiger partial charge in [-0.15, -0.1) is 0 Å². The van der Waals surface area contributed by atoms with Crippen LogP contribution in [0.3, 0.4) is 0 Å². The molecule has 0 aromatic heterocycles. The first-order chi connectivity index (χ1) is 15.1. The van der Waals surface area contributed by atoms with Gasteiger partial charge in [-0.1, -0.05) is 30.3 Å². The summed E-state index contributed by atoms with van der Waals surface area (Å²) in [6, 6.07) is 15.9. The third kappa shape index (κ3) is 5.04. The van der Waals surface area contributed by atoms with Crippen molar-refractivity contribution in [1.29, 1.82) is 0 Å². The van der Waals surface area contributed by atoms with E-state index in [2.05, 4.69) is 4.90 Å². The number of likely N-dealkylation sites (tertiary alicyclic amines) is 1. The van der Waals surface area contributed by atoms with Crippen molar-refractivity contribution in [3.8, 4) is 11.5 Å². The number of hydrogen-bond acceptors (Lipinski definition) is 6. The predicted molar refractivity (Wildman–Crippen MR) is 118 cm³/mol. The highest BCUT2D eigenvalue weighted by Gasteiger charge is 2.42. The van der Waals surface area contributed by atoms with Gasteiger partial charge in [0.25, 0.3) is 0 Å². The van der Waals surface area contributed by atoms with Crippen LogP contribution in [-0.2, 0) is 21.8 Å². The highest BCUT2D eigenvalue weighted by Crippen LogP contribution is 2.43. The second-order valence-corrected chi connectivity index (χ2v) is 8.41. The Hall–Kier alpha value is -2.12. The zero-order valence-electron chi connectivity index (χ0n) is 18.5. The Bertz CT molecular complexity index is 833. The van der Waals surface area contributed by atoms with E-state index in [1.807, 2.05) is 48.5 Å². The van der Waals surface area contributed by atoms with Crippen LogP contribution in [0, 0.1) is 5.92 Å². The largest absolute Gasteiger partial charge is 0.493 e. The standard InChI is InChI=1S/C25H33NO5/c1-28-24(29-2)16-19-10-13-26(14-11-19)25(27)12-15-30-23-17-21(8-9-22(23)25)31-18-20-6-4-3-5-7-20/h3-9,17,19,24,27H,10-16,18H2,1-2H3. The summed E-state index contributed by atoms with van der Waals surface area (Å²) in [7, 11) is 3.37. The van der Waals surface area contributed by atoms with Crippen molar-refractivity contribution >= 4 is 0 Å². The molecule has 1 unspecified atom stereocenters. The maximum Gasteiger partial charge on any atom is 0.157 e. The third-order valence-electron chi connectivity index (χ3n) is 6.53. The van der Waals surface area contributed by atoms with Gasteiger partial charge in [-0.25, -0.2) is 0 Å². The van der Waals surface area contributed by atoms with Crippen molar-refractivity contribution in [1.82, 2.24) is 4.90 Å². The number of hydrogen-bond donors (Lipinski definition) is 1. The SMILES string of the molecule is COC(CC1CCN(C2(O)CCOc3cc(OCc4ccccc4)ccc32)CC1)OC. The summed E-state index contributed by atoms with van der Waals surface area (Å²) in [5, 5.41) is 11.7. The average Bonchev–Trinajstić information content (AvgIpc) is 2.82. The molecule has 2 heterocycles. The minimum Gasteiger partial charge on any atom is -0.493 e. The van der Waals surface area contributed by atoms with Gasteiger partial charge in [-0.05, 0) is 36.5 Å². The van der Waals surface area contributed by atoms with E-state index in [0.717, 1.165) is 49.2 Å². The monoisotopic (exact) mass is 427 g/mol. The minimum atomic E-state index is -1.00. The number of aliphatic hydroxyl groups is 1. The predicted octanol–water partition coefficient (Wildman–Crippen LogP) is 3.91. The quantitative estimate of drug-likeness (QED) is 0.645. The van der Waals surface area contributed by atoms with Crippen LogP contribution >= 0.6 is 0 Å². The summed E-state index contributed by atoms with van der Waals surface area (Å²) in [5.41, 5.74) is 0.943. The van der Waals surface area contributed by atoms with Crippen LogP contribution in [0.5, 0.6) is 11.5 Å². The number of methoxy groups -OCH3 is 2. The normalized spacial score (nSPS) is 22.2. The summed E-state index contributed by atoms with van der Waals surface area (Å²) in [6.07, 6.45) is 3.33. The molecule has 2 aliphatic rings. The molecule has 0 radical (unpaired) electrons. The van der Waals surface area contributed by atoms with E-state index in [-0.39, 0.29) is 6.29 Å². The maximum absolute atomic E-state index is 11.7. The molecule has 0 amide bonds. The van der Waals surface area contributed by atoms with E-state index in [4.69, 9.17) is 18.9 Å². The highest BCUT2D eigenvalue weighted by molar-refractivity contribution is 5.45. The molecule has 1 N–H and O–H groups in total. The maximum atomic E-state index is 11.7. The summed E-state index contributed by atoms with van der Waals surface area (Å²) in [4.78, 5) is 2.20. The fourth-order valence-corrected chi connectivity index (χ4v) is 4.65. The number of ether oxygens (including phenoxy) is 4. The molecular weight excluding hydrogens is 394 g/mol. The molecule has 0 aliphatic carbocycles. The summed E-state index contributed by atoms with van der Waals surface area (Å²) >= 11 is 0. The molecule has 4 rings (SSSR count). The Morgan fingerprint density at radius 3 is 2.55 bits per heavy atom. The molecule has 0 spiro atoms. The van der Waals surface area contributed by atoms with Gasteiger partial charge in [-0.3, -0.25) is 4.90 Å². The van der Waals surface area contributed by atoms with E-state index in [1.165, 1.54) is 0 Å². The van der Waals surface area contributed by atoms with Gasteiger partial charge in [-0.2, -0.15) is 0 Å². The van der Waals surface area contributed by atoms with Gasteiger partial charge in [0, 0.05) is 51.8 Å². The second-order valence-electron chi connectivity index (χ2n) is 8.41. The first kappa shape index (κ1) is 22.1. The average molecular weight is 428 g/mol. The lowest BCUT2D eigenvalue weighted by Crippen LogP contribution is -2.52. The smallest absolute Gasteiger partial charge is 0.157 e. The Morgan fingerprint density at radius 2 is 1.84 bits per heavy atom. The van der Waals surface area contributed by atoms with Crippen molar-refractivity contribution < 1.29 is 24.1 Å². The molecule has 1 saturated heterocycles. The fourth-order valence-electron chi connectivity index (χ4n) is 4.65. The van der Waals surface area contributed by atoms with E-state index in [9.17, 15) is 5.11 Å². The van der Waals surface area contributed by atoms with Crippen LogP contribution in [-0.4, -0.2) is 50.2 Å². The van der Waals surface area contributed by atoms with Crippen molar-refractivity contribution in [2.24, 2.45) is 5.92 Å². The summed E-state index contributed by atoms with van der Waals surface area (Å²) in [5.74, 6) is 1.99. The van der Waals surface area contributed by atoms with Crippen molar-refractivity contribution in [3.63, 3.8) is 0 Å². The van der Waals surface area contributed by atoms with Gasteiger partial charge in [0.2, 0.25) is 0 Å². The summed E-state index contributed by atoms with van der Waals surface area (Å²) in [6.45, 7) is 2.67. The number of fused-ring (bicyclic) bond motifs is 1. The Kier molecular flexibility index (Phi) is 7.13. The molecule has 6 nitrogen and oxygen atoms in total. The van der Waals surface area contributed by atoms with Crippen molar-refractivity contribution in [2.45, 2.75) is 44.3 Å². The molecule has 0 bridgehead atoms. The third-order valence-corrected chi connectivity index (χ3v) is 6.53. The molecule has 0 saturated carbocycles. The van der Waals surface area contributed by atoms with Gasteiger partial charge >= 0.3 is 0 Å². The van der Waals surface area contributed by atoms with Crippen LogP contribution in [0.2, 0.25) is 0 Å². The number of benzene rings is 2. The Balaban J connectivity index is 1.41. The molecule has 2 aromatic rings. The number of rotatable bonds is 8. The van der Waals surface area contributed by atoms with Crippen LogP contribution in [0.15, 0.2) is 48.5 Å². The molecule has 1 fully saturated rings. The van der Waals surface area contributed by atoms with Gasteiger partial charge in [0.15, 0.2) is 12.0 Å².